The summed E-state index contributed by atoms with van der Waals surface area (Å²) in [6, 6.07) is 13.7. The molecule has 3 aliphatic heterocycles. The average molecular weight is 664 g/mol. The van der Waals surface area contributed by atoms with Crippen molar-refractivity contribution in [3.63, 3.8) is 0 Å². The monoisotopic (exact) mass is 663 g/mol. The number of carbonyl (C=O) groups excluding carboxylic acids is 2. The van der Waals surface area contributed by atoms with Gasteiger partial charge in [-0.05, 0) is 86.8 Å². The summed E-state index contributed by atoms with van der Waals surface area (Å²) in [6.45, 7) is 8.47. The van der Waals surface area contributed by atoms with Crippen molar-refractivity contribution >= 4 is 34.4 Å². The molecule has 0 bridgehead atoms. The van der Waals surface area contributed by atoms with E-state index in [-0.39, 0.29) is 17.9 Å². The van der Waals surface area contributed by atoms with Crippen molar-refractivity contribution in [2.45, 2.75) is 44.7 Å². The fraction of sp³-hybridized carbons (Fsp3) is 0.432. The molecule has 0 aliphatic carbocycles. The highest BCUT2D eigenvalue weighted by molar-refractivity contribution is 6.03. The van der Waals surface area contributed by atoms with Crippen LogP contribution in [0.1, 0.15) is 48.2 Å². The predicted octanol–water partition coefficient (Wildman–Crippen LogP) is 4.23. The lowest BCUT2D eigenvalue weighted by molar-refractivity contribution is -0.117. The van der Waals surface area contributed by atoms with Crippen LogP contribution in [0.25, 0.3) is 22.3 Å². The third-order valence-electron chi connectivity index (χ3n) is 9.57. The number of likely N-dealkylation sites (tertiary alicyclic amines) is 2. The molecule has 4 aromatic rings. The van der Waals surface area contributed by atoms with E-state index in [0.717, 1.165) is 92.3 Å². The van der Waals surface area contributed by atoms with E-state index < -0.39 is 0 Å². The summed E-state index contributed by atoms with van der Waals surface area (Å²) in [5.74, 6) is 0.631. The Kier molecular flexibility index (Phi) is 10.5. The molecule has 0 spiro atoms. The first-order chi connectivity index (χ1) is 24.1. The van der Waals surface area contributed by atoms with Crippen molar-refractivity contribution in [2.75, 3.05) is 69.2 Å². The predicted molar refractivity (Wildman–Crippen MR) is 190 cm³/mol. The normalized spacial score (nSPS) is 19.3. The molecule has 1 aromatic carbocycles. The van der Waals surface area contributed by atoms with Gasteiger partial charge in [-0.15, -0.1) is 0 Å². The smallest absolute Gasteiger partial charge is 0.274 e. The molecule has 1 unspecified atom stereocenters. The average Bonchev–Trinajstić information content (AvgIpc) is 3.58. The van der Waals surface area contributed by atoms with E-state index in [1.165, 1.54) is 19.3 Å². The Morgan fingerprint density at radius 2 is 1.73 bits per heavy atom. The lowest BCUT2D eigenvalue weighted by atomic mass is 10.0. The zero-order chi connectivity index (χ0) is 33.4. The first kappa shape index (κ1) is 32.9. The van der Waals surface area contributed by atoms with E-state index in [4.69, 9.17) is 4.74 Å². The molecule has 6 heterocycles. The molecule has 49 heavy (non-hydrogen) atoms. The van der Waals surface area contributed by atoms with Crippen LogP contribution in [0, 0.1) is 0 Å². The number of aromatic amines is 1. The number of ether oxygens (including phenoxy) is 1. The standard InChI is InChI=1S/C37H45N9O3/c47-34(7-5-16-44-14-2-1-3-15-44)41-30-6-4-17-45(25-30)24-27-12-13-38-33(22-27)37(48)42-29-10-8-28(9-11-29)32-23-31-35(43-32)39-26-40-36(31)46-18-20-49-21-19-46/h5,7-13,22-23,26,30H,1-4,6,14-21,24-25H2,(H,41,47)(H,42,48)(H,39,40,43)/b7-5+. The number of nitrogens with zero attached hydrogens (tertiary/aromatic N) is 6. The number of amides is 2. The van der Waals surface area contributed by atoms with Gasteiger partial charge >= 0.3 is 0 Å². The van der Waals surface area contributed by atoms with Gasteiger partial charge in [-0.2, -0.15) is 0 Å². The molecular weight excluding hydrogens is 618 g/mol. The van der Waals surface area contributed by atoms with Crippen molar-refractivity contribution in [3.05, 3.63) is 78.4 Å². The molecule has 3 aromatic heterocycles. The number of anilines is 2. The van der Waals surface area contributed by atoms with E-state index >= 15 is 0 Å². The van der Waals surface area contributed by atoms with E-state index in [9.17, 15) is 9.59 Å². The maximum Gasteiger partial charge on any atom is 0.274 e. The number of H-pyrrole nitrogens is 1. The highest BCUT2D eigenvalue weighted by Gasteiger charge is 2.22. The molecule has 12 nitrogen and oxygen atoms in total. The number of fused-ring (bicyclic) bond motifs is 1. The molecule has 7 rings (SSSR count). The van der Waals surface area contributed by atoms with Gasteiger partial charge in [-0.3, -0.25) is 24.4 Å². The lowest BCUT2D eigenvalue weighted by Gasteiger charge is -2.33. The number of piperidine rings is 2. The fourth-order valence-corrected chi connectivity index (χ4v) is 7.01. The van der Waals surface area contributed by atoms with Crippen molar-refractivity contribution in [3.8, 4) is 11.3 Å². The quantitative estimate of drug-likeness (QED) is 0.213. The first-order valence-corrected chi connectivity index (χ1v) is 17.5. The third kappa shape index (κ3) is 8.51. The maximum absolute atomic E-state index is 13.2. The van der Waals surface area contributed by atoms with Crippen LogP contribution in [0.3, 0.4) is 0 Å². The second-order valence-electron chi connectivity index (χ2n) is 13.2. The maximum atomic E-state index is 13.2. The van der Waals surface area contributed by atoms with Gasteiger partial charge in [0, 0.05) is 62.4 Å². The molecule has 0 saturated carbocycles. The molecule has 0 radical (unpaired) electrons. The number of rotatable bonds is 10. The minimum Gasteiger partial charge on any atom is -0.378 e. The van der Waals surface area contributed by atoms with Crippen molar-refractivity contribution < 1.29 is 14.3 Å². The van der Waals surface area contributed by atoms with Gasteiger partial charge in [0.2, 0.25) is 5.91 Å². The van der Waals surface area contributed by atoms with Gasteiger partial charge in [0.25, 0.3) is 5.91 Å². The van der Waals surface area contributed by atoms with Crippen LogP contribution in [0.4, 0.5) is 11.5 Å². The Labute approximate surface area is 287 Å². The summed E-state index contributed by atoms with van der Waals surface area (Å²) in [4.78, 5) is 49.5. The van der Waals surface area contributed by atoms with Crippen LogP contribution in [0.2, 0.25) is 0 Å². The second-order valence-corrected chi connectivity index (χ2v) is 13.2. The lowest BCUT2D eigenvalue weighted by Crippen LogP contribution is -2.47. The van der Waals surface area contributed by atoms with E-state index in [1.54, 1.807) is 18.6 Å². The van der Waals surface area contributed by atoms with Crippen LogP contribution in [0.15, 0.2) is 67.1 Å². The van der Waals surface area contributed by atoms with E-state index in [1.807, 2.05) is 42.5 Å². The fourth-order valence-electron chi connectivity index (χ4n) is 7.01. The van der Waals surface area contributed by atoms with Crippen LogP contribution in [-0.4, -0.2) is 107 Å². The number of benzene rings is 1. The second kappa shape index (κ2) is 15.7. The minimum absolute atomic E-state index is 0.0201. The number of aromatic nitrogens is 4. The Hall–Kier alpha value is -4.65. The number of pyridine rings is 1. The molecule has 1 atom stereocenters. The molecule has 3 saturated heterocycles. The number of carbonyl (C=O) groups is 2. The molecule has 256 valence electrons. The van der Waals surface area contributed by atoms with Gasteiger partial charge in [-0.25, -0.2) is 9.97 Å². The third-order valence-corrected chi connectivity index (χ3v) is 9.57. The summed E-state index contributed by atoms with van der Waals surface area (Å²) >= 11 is 0. The van der Waals surface area contributed by atoms with Gasteiger partial charge in [0.15, 0.2) is 0 Å². The molecule has 12 heteroatoms. The molecule has 3 fully saturated rings. The van der Waals surface area contributed by atoms with Crippen molar-refractivity contribution in [1.29, 1.82) is 0 Å². The molecule has 3 N–H and O–H groups in total. The summed E-state index contributed by atoms with van der Waals surface area (Å²) in [5, 5.41) is 7.15. The highest BCUT2D eigenvalue weighted by atomic mass is 16.5. The number of morpholine rings is 1. The van der Waals surface area contributed by atoms with E-state index in [2.05, 4.69) is 51.3 Å². The molecule has 3 aliphatic rings. The largest absolute Gasteiger partial charge is 0.378 e. The Morgan fingerprint density at radius 3 is 2.57 bits per heavy atom. The summed E-state index contributed by atoms with van der Waals surface area (Å²) in [7, 11) is 0. The minimum atomic E-state index is -0.259. The topological polar surface area (TPSA) is 132 Å². The van der Waals surface area contributed by atoms with Gasteiger partial charge < -0.3 is 25.3 Å². The summed E-state index contributed by atoms with van der Waals surface area (Å²) < 4.78 is 5.50. The van der Waals surface area contributed by atoms with Crippen LogP contribution in [0.5, 0.6) is 0 Å². The summed E-state index contributed by atoms with van der Waals surface area (Å²) in [6.07, 6.45) is 12.7. The molecule has 2 amide bonds. The Balaban J connectivity index is 0.921. The van der Waals surface area contributed by atoms with Crippen molar-refractivity contribution in [2.24, 2.45) is 0 Å². The SMILES string of the molecule is O=C(/C=C/CN1CCCCC1)NC1CCCN(Cc2ccnc(C(=O)Nc3ccc(-c4cc5c(N6CCOCC6)ncnc5[nH]4)cc3)c2)C1. The number of hydrogen-bond acceptors (Lipinski definition) is 9. The zero-order valence-electron chi connectivity index (χ0n) is 27.9. The molecular formula is C37H45N9O3. The summed E-state index contributed by atoms with van der Waals surface area (Å²) in [5.41, 5.74) is 4.77. The van der Waals surface area contributed by atoms with E-state index in [0.29, 0.717) is 31.1 Å². The number of hydrogen-bond donors (Lipinski definition) is 3. The Morgan fingerprint density at radius 1 is 0.918 bits per heavy atom. The number of nitrogens with one attached hydrogen (secondary N) is 3. The zero-order valence-corrected chi connectivity index (χ0v) is 27.9. The first-order valence-electron chi connectivity index (χ1n) is 17.5. The highest BCUT2D eigenvalue weighted by Crippen LogP contribution is 2.30. The van der Waals surface area contributed by atoms with Gasteiger partial charge in [0.1, 0.15) is 23.5 Å². The van der Waals surface area contributed by atoms with Crippen LogP contribution >= 0.6 is 0 Å². The van der Waals surface area contributed by atoms with Gasteiger partial charge in [0.05, 0.1) is 18.6 Å². The van der Waals surface area contributed by atoms with Crippen molar-refractivity contribution in [1.82, 2.24) is 35.1 Å². The van der Waals surface area contributed by atoms with Crippen LogP contribution < -0.4 is 15.5 Å². The Bertz CT molecular complexity index is 1760. The van der Waals surface area contributed by atoms with Gasteiger partial charge in [-0.1, -0.05) is 24.6 Å². The van der Waals surface area contributed by atoms with Crippen LogP contribution in [-0.2, 0) is 16.1 Å².